The lowest BCUT2D eigenvalue weighted by Gasteiger charge is -2.32. The summed E-state index contributed by atoms with van der Waals surface area (Å²) in [5.41, 5.74) is 1.32. The third-order valence-electron chi connectivity index (χ3n) is 3.83. The van der Waals surface area contributed by atoms with Crippen LogP contribution in [0.4, 0.5) is 0 Å². The Kier molecular flexibility index (Phi) is 7.41. The molecule has 118 valence electrons. The van der Waals surface area contributed by atoms with E-state index in [2.05, 4.69) is 60.1 Å². The fraction of sp³-hybridized carbons (Fsp3) is 0.647. The van der Waals surface area contributed by atoms with E-state index in [0.717, 1.165) is 32.0 Å². The van der Waals surface area contributed by atoms with E-state index in [1.807, 2.05) is 0 Å². The van der Waals surface area contributed by atoms with Crippen LogP contribution < -0.4 is 10.1 Å². The molecule has 0 amide bonds. The summed E-state index contributed by atoms with van der Waals surface area (Å²) in [6.07, 6.45) is 1.18. The molecule has 2 rings (SSSR count). The van der Waals surface area contributed by atoms with Crippen molar-refractivity contribution in [1.29, 1.82) is 0 Å². The zero-order chi connectivity index (χ0) is 14.9. The lowest BCUT2D eigenvalue weighted by molar-refractivity contribution is 0.183. The number of hydrogen-bond donors (Lipinski definition) is 1. The Morgan fingerprint density at radius 1 is 1.33 bits per heavy atom. The largest absolute Gasteiger partial charge is 0.492 e. The molecule has 1 N–H and O–H groups in total. The van der Waals surface area contributed by atoms with Crippen molar-refractivity contribution in [1.82, 2.24) is 10.2 Å². The highest BCUT2D eigenvalue weighted by molar-refractivity contribution is 7.99. The van der Waals surface area contributed by atoms with Gasteiger partial charge in [-0.15, -0.1) is 0 Å². The standard InChI is InChI=1S/C17H28N2OS/c1-3-8-18-13-16-4-6-17(7-5-16)20-11-9-19-10-12-21-14-15(19)2/h4-7,15,18H,3,8-14H2,1-2H3. The van der Waals surface area contributed by atoms with Crippen LogP contribution in [0, 0.1) is 0 Å². The van der Waals surface area contributed by atoms with Gasteiger partial charge in [-0.1, -0.05) is 19.1 Å². The van der Waals surface area contributed by atoms with Crippen LogP contribution in [0.3, 0.4) is 0 Å². The molecule has 0 aliphatic carbocycles. The topological polar surface area (TPSA) is 24.5 Å². The average molecular weight is 308 g/mol. The van der Waals surface area contributed by atoms with E-state index in [1.54, 1.807) is 0 Å². The van der Waals surface area contributed by atoms with Crippen LogP contribution in [0.25, 0.3) is 0 Å². The first-order chi connectivity index (χ1) is 10.3. The van der Waals surface area contributed by atoms with Crippen molar-refractivity contribution in [2.45, 2.75) is 32.9 Å². The summed E-state index contributed by atoms with van der Waals surface area (Å²) in [5.74, 6) is 3.48. The minimum Gasteiger partial charge on any atom is -0.492 e. The zero-order valence-corrected chi connectivity index (χ0v) is 14.1. The smallest absolute Gasteiger partial charge is 0.119 e. The van der Waals surface area contributed by atoms with Gasteiger partial charge in [-0.3, -0.25) is 4.90 Å². The van der Waals surface area contributed by atoms with E-state index in [4.69, 9.17) is 4.74 Å². The molecule has 0 radical (unpaired) electrons. The number of nitrogens with zero attached hydrogens (tertiary/aromatic N) is 1. The molecule has 1 saturated heterocycles. The molecule has 1 unspecified atom stereocenters. The van der Waals surface area contributed by atoms with Gasteiger partial charge < -0.3 is 10.1 Å². The van der Waals surface area contributed by atoms with Crippen molar-refractivity contribution < 1.29 is 4.74 Å². The van der Waals surface area contributed by atoms with Gasteiger partial charge in [-0.05, 0) is 37.6 Å². The van der Waals surface area contributed by atoms with Crippen molar-refractivity contribution in [3.8, 4) is 5.75 Å². The number of nitrogens with one attached hydrogen (secondary N) is 1. The molecule has 3 nitrogen and oxygen atoms in total. The van der Waals surface area contributed by atoms with Crippen LogP contribution in [-0.4, -0.2) is 48.7 Å². The van der Waals surface area contributed by atoms with Gasteiger partial charge in [0.15, 0.2) is 0 Å². The Morgan fingerprint density at radius 2 is 2.14 bits per heavy atom. The van der Waals surface area contributed by atoms with Crippen molar-refractivity contribution in [3.05, 3.63) is 29.8 Å². The maximum absolute atomic E-state index is 5.87. The minimum absolute atomic E-state index is 0.680. The van der Waals surface area contributed by atoms with Crippen LogP contribution in [-0.2, 0) is 6.54 Å². The summed E-state index contributed by atoms with van der Waals surface area (Å²) >= 11 is 2.06. The van der Waals surface area contributed by atoms with Gasteiger partial charge in [0.05, 0.1) is 0 Å². The van der Waals surface area contributed by atoms with E-state index in [-0.39, 0.29) is 0 Å². The third-order valence-corrected chi connectivity index (χ3v) is 5.02. The molecule has 0 aromatic heterocycles. The zero-order valence-electron chi connectivity index (χ0n) is 13.3. The van der Waals surface area contributed by atoms with Crippen LogP contribution in [0.2, 0.25) is 0 Å². The second-order valence-corrected chi connectivity index (χ2v) is 6.78. The van der Waals surface area contributed by atoms with Gasteiger partial charge in [0, 0.05) is 37.2 Å². The van der Waals surface area contributed by atoms with Crippen LogP contribution >= 0.6 is 11.8 Å². The Balaban J connectivity index is 1.68. The molecule has 1 aliphatic heterocycles. The Bertz CT molecular complexity index is 396. The number of hydrogen-bond acceptors (Lipinski definition) is 4. The van der Waals surface area contributed by atoms with Gasteiger partial charge in [-0.25, -0.2) is 0 Å². The molecule has 1 heterocycles. The first-order valence-corrected chi connectivity index (χ1v) is 9.19. The summed E-state index contributed by atoms with van der Waals surface area (Å²) < 4.78 is 5.87. The molecule has 1 aliphatic rings. The molecule has 4 heteroatoms. The first-order valence-electron chi connectivity index (χ1n) is 8.04. The molecular formula is C17H28N2OS. The molecule has 0 saturated carbocycles. The quantitative estimate of drug-likeness (QED) is 0.746. The highest BCUT2D eigenvalue weighted by Crippen LogP contribution is 2.16. The van der Waals surface area contributed by atoms with Gasteiger partial charge in [0.25, 0.3) is 0 Å². The Morgan fingerprint density at radius 3 is 2.86 bits per heavy atom. The van der Waals surface area contributed by atoms with Gasteiger partial charge in [-0.2, -0.15) is 11.8 Å². The molecule has 1 atom stereocenters. The predicted octanol–water partition coefficient (Wildman–Crippen LogP) is 3.00. The lowest BCUT2D eigenvalue weighted by atomic mass is 10.2. The van der Waals surface area contributed by atoms with E-state index in [0.29, 0.717) is 6.04 Å². The monoisotopic (exact) mass is 308 g/mol. The molecule has 1 aromatic rings. The number of thioether (sulfide) groups is 1. The highest BCUT2D eigenvalue weighted by atomic mass is 32.2. The summed E-state index contributed by atoms with van der Waals surface area (Å²) in [7, 11) is 0. The fourth-order valence-corrected chi connectivity index (χ4v) is 3.57. The normalized spacial score (nSPS) is 19.6. The number of benzene rings is 1. The highest BCUT2D eigenvalue weighted by Gasteiger charge is 2.17. The van der Waals surface area contributed by atoms with Crippen LogP contribution in [0.1, 0.15) is 25.8 Å². The molecule has 0 spiro atoms. The van der Waals surface area contributed by atoms with Crippen molar-refractivity contribution in [2.75, 3.05) is 37.7 Å². The second kappa shape index (κ2) is 9.34. The van der Waals surface area contributed by atoms with Crippen molar-refractivity contribution in [3.63, 3.8) is 0 Å². The van der Waals surface area contributed by atoms with Crippen molar-refractivity contribution in [2.24, 2.45) is 0 Å². The predicted molar refractivity (Wildman–Crippen MR) is 92.3 cm³/mol. The van der Waals surface area contributed by atoms with Gasteiger partial charge >= 0.3 is 0 Å². The molecular weight excluding hydrogens is 280 g/mol. The lowest BCUT2D eigenvalue weighted by Crippen LogP contribution is -2.42. The van der Waals surface area contributed by atoms with Crippen molar-refractivity contribution >= 4 is 11.8 Å². The minimum atomic E-state index is 0.680. The second-order valence-electron chi connectivity index (χ2n) is 5.63. The summed E-state index contributed by atoms with van der Waals surface area (Å²) in [6.45, 7) is 9.51. The van der Waals surface area contributed by atoms with Crippen LogP contribution in [0.15, 0.2) is 24.3 Å². The average Bonchev–Trinajstić information content (AvgIpc) is 2.51. The van der Waals surface area contributed by atoms with Gasteiger partial charge in [0.1, 0.15) is 12.4 Å². The van der Waals surface area contributed by atoms with Gasteiger partial charge in [0.2, 0.25) is 0 Å². The Labute approximate surface area is 133 Å². The van der Waals surface area contributed by atoms with E-state index < -0.39 is 0 Å². The third kappa shape index (κ3) is 5.89. The Hall–Kier alpha value is -0.710. The summed E-state index contributed by atoms with van der Waals surface area (Å²) in [5, 5.41) is 3.41. The maximum atomic E-state index is 5.87. The van der Waals surface area contributed by atoms with E-state index in [1.165, 1.54) is 30.0 Å². The summed E-state index contributed by atoms with van der Waals surface area (Å²) in [4.78, 5) is 2.53. The maximum Gasteiger partial charge on any atom is 0.119 e. The summed E-state index contributed by atoms with van der Waals surface area (Å²) in [6, 6.07) is 9.15. The molecule has 0 bridgehead atoms. The fourth-order valence-electron chi connectivity index (χ4n) is 2.49. The number of ether oxygens (including phenoxy) is 1. The molecule has 21 heavy (non-hydrogen) atoms. The number of rotatable bonds is 8. The molecule has 1 fully saturated rings. The SMILES string of the molecule is CCCNCc1ccc(OCCN2CCSCC2C)cc1. The molecule has 1 aromatic carbocycles. The van der Waals surface area contributed by atoms with E-state index >= 15 is 0 Å². The van der Waals surface area contributed by atoms with Crippen LogP contribution in [0.5, 0.6) is 5.75 Å². The van der Waals surface area contributed by atoms with E-state index in [9.17, 15) is 0 Å². The first kappa shape index (κ1) is 16.7.